The molecule has 0 aliphatic carbocycles. The Morgan fingerprint density at radius 2 is 2.10 bits per heavy atom. The molecule has 1 heterocycles. The van der Waals surface area contributed by atoms with Crippen LogP contribution in [-0.4, -0.2) is 50.9 Å². The molecule has 1 fully saturated rings. The quantitative estimate of drug-likeness (QED) is 0.883. The van der Waals surface area contributed by atoms with Crippen LogP contribution in [0, 0.1) is 0 Å². The first-order valence-electron chi connectivity index (χ1n) is 7.21. The highest BCUT2D eigenvalue weighted by Crippen LogP contribution is 2.25. The van der Waals surface area contributed by atoms with Gasteiger partial charge >= 0.3 is 6.09 Å². The number of carbonyl (C=O) groups is 1. The summed E-state index contributed by atoms with van der Waals surface area (Å²) < 4.78 is 11.3. The molecule has 1 aliphatic heterocycles. The summed E-state index contributed by atoms with van der Waals surface area (Å²) in [5.74, 6) is 0.848. The van der Waals surface area contributed by atoms with E-state index in [1.54, 1.807) is 12.0 Å². The number of nitrogens with zero attached hydrogens (tertiary/aromatic N) is 1. The second-order valence-electron chi connectivity index (χ2n) is 5.08. The summed E-state index contributed by atoms with van der Waals surface area (Å²) in [4.78, 5) is 14.9. The third-order valence-electron chi connectivity index (χ3n) is 3.67. The molecule has 0 saturated carbocycles. The first kappa shape index (κ1) is 16.1. The van der Waals surface area contributed by atoms with Gasteiger partial charge in [0.2, 0.25) is 0 Å². The molecule has 1 N–H and O–H groups in total. The molecule has 0 atom stereocenters. The molecule has 6 heteroatoms. The van der Waals surface area contributed by atoms with Gasteiger partial charge in [-0.25, -0.2) is 4.79 Å². The van der Waals surface area contributed by atoms with Gasteiger partial charge in [-0.15, -0.1) is 0 Å². The van der Waals surface area contributed by atoms with Crippen molar-refractivity contribution >= 4 is 22.0 Å². The van der Waals surface area contributed by atoms with Crippen LogP contribution in [0.4, 0.5) is 4.79 Å². The molecule has 21 heavy (non-hydrogen) atoms. The number of hydrogen-bond donors (Lipinski definition) is 1. The van der Waals surface area contributed by atoms with Gasteiger partial charge < -0.3 is 14.4 Å². The second kappa shape index (κ2) is 7.66. The fourth-order valence-electron chi connectivity index (χ4n) is 2.51. The molecule has 2 rings (SSSR count). The Morgan fingerprint density at radius 3 is 2.67 bits per heavy atom. The van der Waals surface area contributed by atoms with Crippen LogP contribution >= 0.6 is 15.9 Å². The Hall–Kier alpha value is -1.27. The highest BCUT2D eigenvalue weighted by Gasteiger charge is 2.24. The minimum absolute atomic E-state index is 0.191. The van der Waals surface area contributed by atoms with Gasteiger partial charge in [0.25, 0.3) is 0 Å². The molecular formula is C15H22BrN2O3+. The van der Waals surface area contributed by atoms with Crippen molar-refractivity contribution < 1.29 is 19.2 Å². The molecule has 1 amide bonds. The van der Waals surface area contributed by atoms with Crippen molar-refractivity contribution in [2.75, 3.05) is 39.9 Å². The van der Waals surface area contributed by atoms with Crippen LogP contribution in [0.2, 0.25) is 0 Å². The third-order valence-corrected chi connectivity index (χ3v) is 4.29. The van der Waals surface area contributed by atoms with Gasteiger partial charge in [0, 0.05) is 5.56 Å². The Kier molecular flexibility index (Phi) is 5.87. The second-order valence-corrected chi connectivity index (χ2v) is 5.94. The van der Waals surface area contributed by atoms with Gasteiger partial charge in [-0.05, 0) is 41.1 Å². The molecule has 116 valence electrons. The zero-order valence-corrected chi connectivity index (χ0v) is 14.1. The number of benzene rings is 1. The Bertz CT molecular complexity index is 488. The van der Waals surface area contributed by atoms with Crippen molar-refractivity contribution in [1.29, 1.82) is 0 Å². The van der Waals surface area contributed by atoms with Crippen molar-refractivity contribution in [3.8, 4) is 5.75 Å². The first-order chi connectivity index (χ1) is 10.1. The Morgan fingerprint density at radius 1 is 1.38 bits per heavy atom. The largest absolute Gasteiger partial charge is 0.496 e. The van der Waals surface area contributed by atoms with Crippen LogP contribution in [0.3, 0.4) is 0 Å². The van der Waals surface area contributed by atoms with Crippen LogP contribution in [0.1, 0.15) is 12.5 Å². The standard InChI is InChI=1S/C15H21BrN2O3/c1-3-21-15(19)18-8-6-17(7-9-18)11-12-4-5-14(20-2)13(16)10-12/h4-5,10H,3,6-9,11H2,1-2H3/p+1. The van der Waals surface area contributed by atoms with E-state index in [1.807, 2.05) is 13.0 Å². The molecular weight excluding hydrogens is 336 g/mol. The van der Waals surface area contributed by atoms with Gasteiger partial charge in [-0.3, -0.25) is 4.90 Å². The lowest BCUT2D eigenvalue weighted by Gasteiger charge is -2.31. The molecule has 1 aromatic carbocycles. The number of methoxy groups -OCH3 is 1. The fourth-order valence-corrected chi connectivity index (χ4v) is 3.09. The molecule has 0 radical (unpaired) electrons. The van der Waals surface area contributed by atoms with E-state index in [0.29, 0.717) is 6.61 Å². The SMILES string of the molecule is CCOC(=O)N1CC[NH+](Cc2ccc(OC)c(Br)c2)CC1. The van der Waals surface area contributed by atoms with Crippen molar-refractivity contribution in [3.05, 3.63) is 28.2 Å². The molecule has 1 aliphatic rings. The van der Waals surface area contributed by atoms with E-state index in [9.17, 15) is 4.79 Å². The first-order valence-corrected chi connectivity index (χ1v) is 8.01. The molecule has 1 aromatic rings. The van der Waals surface area contributed by atoms with Crippen LogP contribution in [0.15, 0.2) is 22.7 Å². The monoisotopic (exact) mass is 357 g/mol. The topological polar surface area (TPSA) is 43.2 Å². The van der Waals surface area contributed by atoms with Crippen molar-refractivity contribution in [3.63, 3.8) is 0 Å². The number of quaternary nitrogens is 1. The maximum Gasteiger partial charge on any atom is 0.410 e. The lowest BCUT2D eigenvalue weighted by molar-refractivity contribution is -0.917. The van der Waals surface area contributed by atoms with E-state index in [0.717, 1.165) is 42.9 Å². The van der Waals surface area contributed by atoms with Crippen molar-refractivity contribution in [1.82, 2.24) is 4.90 Å². The lowest BCUT2D eigenvalue weighted by atomic mass is 10.2. The maximum atomic E-state index is 11.7. The summed E-state index contributed by atoms with van der Waals surface area (Å²) in [7, 11) is 1.67. The molecule has 0 unspecified atom stereocenters. The van der Waals surface area contributed by atoms with E-state index >= 15 is 0 Å². The number of piperazine rings is 1. The van der Waals surface area contributed by atoms with Crippen LogP contribution in [0.25, 0.3) is 0 Å². The van der Waals surface area contributed by atoms with E-state index in [4.69, 9.17) is 9.47 Å². The number of amides is 1. The predicted molar refractivity (Wildman–Crippen MR) is 83.7 cm³/mol. The van der Waals surface area contributed by atoms with Gasteiger partial charge in [0.05, 0.1) is 44.4 Å². The van der Waals surface area contributed by atoms with Gasteiger partial charge in [0.15, 0.2) is 0 Å². The predicted octanol–water partition coefficient (Wildman–Crippen LogP) is 1.31. The Balaban J connectivity index is 1.86. The smallest absolute Gasteiger partial charge is 0.410 e. The van der Waals surface area contributed by atoms with Crippen LogP contribution in [0.5, 0.6) is 5.75 Å². The number of nitrogens with one attached hydrogen (secondary N) is 1. The minimum Gasteiger partial charge on any atom is -0.496 e. The number of halogens is 1. The molecule has 1 saturated heterocycles. The Labute approximate surface area is 133 Å². The highest BCUT2D eigenvalue weighted by molar-refractivity contribution is 9.10. The number of rotatable bonds is 4. The zero-order chi connectivity index (χ0) is 15.2. The normalized spacial score (nSPS) is 15.9. The van der Waals surface area contributed by atoms with E-state index in [2.05, 4.69) is 28.1 Å². The summed E-state index contributed by atoms with van der Waals surface area (Å²) >= 11 is 3.51. The number of ether oxygens (including phenoxy) is 2. The number of carbonyl (C=O) groups excluding carboxylic acids is 1. The van der Waals surface area contributed by atoms with Gasteiger partial charge in [0.1, 0.15) is 12.3 Å². The van der Waals surface area contributed by atoms with Crippen molar-refractivity contribution in [2.45, 2.75) is 13.5 Å². The highest BCUT2D eigenvalue weighted by atomic mass is 79.9. The summed E-state index contributed by atoms with van der Waals surface area (Å²) in [6.07, 6.45) is -0.191. The molecule has 0 bridgehead atoms. The molecule has 0 aromatic heterocycles. The van der Waals surface area contributed by atoms with Gasteiger partial charge in [-0.2, -0.15) is 0 Å². The summed E-state index contributed by atoms with van der Waals surface area (Å²) in [6, 6.07) is 6.17. The molecule has 5 nitrogen and oxygen atoms in total. The summed E-state index contributed by atoms with van der Waals surface area (Å²) in [5.41, 5.74) is 1.27. The third kappa shape index (κ3) is 4.35. The minimum atomic E-state index is -0.191. The fraction of sp³-hybridized carbons (Fsp3) is 0.533. The summed E-state index contributed by atoms with van der Waals surface area (Å²) in [6.45, 7) is 6.63. The van der Waals surface area contributed by atoms with Crippen LogP contribution < -0.4 is 9.64 Å². The lowest BCUT2D eigenvalue weighted by Crippen LogP contribution is -3.13. The van der Waals surface area contributed by atoms with Crippen molar-refractivity contribution in [2.24, 2.45) is 0 Å². The average Bonchev–Trinajstić information content (AvgIpc) is 2.48. The number of hydrogen-bond acceptors (Lipinski definition) is 3. The molecule has 0 spiro atoms. The van der Waals surface area contributed by atoms with E-state index in [-0.39, 0.29) is 6.09 Å². The van der Waals surface area contributed by atoms with Crippen LogP contribution in [-0.2, 0) is 11.3 Å². The zero-order valence-electron chi connectivity index (χ0n) is 12.5. The maximum absolute atomic E-state index is 11.7. The van der Waals surface area contributed by atoms with Gasteiger partial charge in [-0.1, -0.05) is 0 Å². The summed E-state index contributed by atoms with van der Waals surface area (Å²) in [5, 5.41) is 0. The van der Waals surface area contributed by atoms with E-state index in [1.165, 1.54) is 10.5 Å². The average molecular weight is 358 g/mol. The van der Waals surface area contributed by atoms with E-state index < -0.39 is 0 Å².